The number of carboxylic acids is 1. The van der Waals surface area contributed by atoms with Crippen LogP contribution in [0, 0.1) is 0 Å². The highest BCUT2D eigenvalue weighted by atomic mass is 16.5. The fourth-order valence-electron chi connectivity index (χ4n) is 2.73. The topological polar surface area (TPSA) is 79.2 Å². The molecule has 6 nitrogen and oxygen atoms in total. The van der Waals surface area contributed by atoms with Gasteiger partial charge in [-0.15, -0.1) is 0 Å². The Morgan fingerprint density at radius 2 is 1.96 bits per heavy atom. The summed E-state index contributed by atoms with van der Waals surface area (Å²) >= 11 is 0. The first-order chi connectivity index (χ1) is 12.0. The Morgan fingerprint density at radius 3 is 2.68 bits per heavy atom. The lowest BCUT2D eigenvalue weighted by atomic mass is 9.96. The number of ether oxygens (including phenoxy) is 2. The van der Waals surface area contributed by atoms with Crippen LogP contribution in [-0.2, 0) is 10.4 Å². The SMILES string of the molecule is CC(O)(C(=O)O)c1ccc(OCCN2CCOc3ccccc32)cc1. The molecule has 0 amide bonds. The Balaban J connectivity index is 1.58. The van der Waals surface area contributed by atoms with Gasteiger partial charge in [0.1, 0.15) is 24.7 Å². The van der Waals surface area contributed by atoms with Gasteiger partial charge in [0.15, 0.2) is 5.60 Å². The maximum Gasteiger partial charge on any atom is 0.340 e. The average Bonchev–Trinajstić information content (AvgIpc) is 2.62. The van der Waals surface area contributed by atoms with Crippen molar-refractivity contribution in [1.82, 2.24) is 0 Å². The molecule has 1 atom stereocenters. The zero-order chi connectivity index (χ0) is 17.9. The number of aliphatic carboxylic acids is 1. The van der Waals surface area contributed by atoms with Gasteiger partial charge in [0.2, 0.25) is 0 Å². The van der Waals surface area contributed by atoms with Gasteiger partial charge in [-0.25, -0.2) is 4.79 Å². The van der Waals surface area contributed by atoms with E-state index in [1.165, 1.54) is 6.92 Å². The molecule has 2 aromatic rings. The van der Waals surface area contributed by atoms with Crippen molar-refractivity contribution >= 4 is 11.7 Å². The third-order valence-electron chi connectivity index (χ3n) is 4.29. The van der Waals surface area contributed by atoms with Gasteiger partial charge in [0, 0.05) is 0 Å². The van der Waals surface area contributed by atoms with Crippen LogP contribution in [0.4, 0.5) is 5.69 Å². The Bertz CT molecular complexity index is 742. The van der Waals surface area contributed by atoms with Crippen molar-refractivity contribution in [3.05, 3.63) is 54.1 Å². The fourth-order valence-corrected chi connectivity index (χ4v) is 2.73. The lowest BCUT2D eigenvalue weighted by molar-refractivity contribution is -0.157. The molecule has 1 heterocycles. The van der Waals surface area contributed by atoms with Crippen molar-refractivity contribution in [2.24, 2.45) is 0 Å². The molecular formula is C19H21NO5. The van der Waals surface area contributed by atoms with Crippen LogP contribution < -0.4 is 14.4 Å². The van der Waals surface area contributed by atoms with E-state index >= 15 is 0 Å². The summed E-state index contributed by atoms with van der Waals surface area (Å²) in [5, 5.41) is 19.0. The van der Waals surface area contributed by atoms with Crippen LogP contribution in [0.3, 0.4) is 0 Å². The number of rotatable bonds is 6. The molecule has 0 saturated heterocycles. The largest absolute Gasteiger partial charge is 0.492 e. The molecule has 0 bridgehead atoms. The minimum atomic E-state index is -1.91. The van der Waals surface area contributed by atoms with Crippen molar-refractivity contribution in [2.45, 2.75) is 12.5 Å². The summed E-state index contributed by atoms with van der Waals surface area (Å²) < 4.78 is 11.4. The number of aliphatic hydroxyl groups is 1. The molecule has 2 aromatic carbocycles. The lowest BCUT2D eigenvalue weighted by Crippen LogP contribution is -2.35. The summed E-state index contributed by atoms with van der Waals surface area (Å²) in [6.45, 7) is 3.91. The van der Waals surface area contributed by atoms with Crippen molar-refractivity contribution in [2.75, 3.05) is 31.2 Å². The first kappa shape index (κ1) is 17.1. The number of fused-ring (bicyclic) bond motifs is 1. The number of hydrogen-bond acceptors (Lipinski definition) is 5. The molecule has 0 fully saturated rings. The summed E-state index contributed by atoms with van der Waals surface area (Å²) in [7, 11) is 0. The van der Waals surface area contributed by atoms with E-state index in [2.05, 4.69) is 4.90 Å². The highest BCUT2D eigenvalue weighted by molar-refractivity contribution is 5.78. The van der Waals surface area contributed by atoms with Gasteiger partial charge in [-0.1, -0.05) is 24.3 Å². The second kappa shape index (κ2) is 7.03. The second-order valence-corrected chi connectivity index (χ2v) is 6.05. The quantitative estimate of drug-likeness (QED) is 0.838. The van der Waals surface area contributed by atoms with Gasteiger partial charge >= 0.3 is 5.97 Å². The molecule has 0 aliphatic carbocycles. The molecule has 0 aromatic heterocycles. The summed E-state index contributed by atoms with van der Waals surface area (Å²) in [4.78, 5) is 13.3. The standard InChI is InChI=1S/C19H21NO5/c1-19(23,18(21)22)14-6-8-15(9-7-14)24-12-10-20-11-13-25-17-5-3-2-4-16(17)20/h2-9,23H,10-13H2,1H3,(H,21,22). The third-order valence-corrected chi connectivity index (χ3v) is 4.29. The summed E-state index contributed by atoms with van der Waals surface area (Å²) in [5.41, 5.74) is -0.532. The smallest absolute Gasteiger partial charge is 0.340 e. The molecule has 1 aliphatic rings. The molecule has 0 saturated carbocycles. The first-order valence-corrected chi connectivity index (χ1v) is 8.14. The number of benzene rings is 2. The van der Waals surface area contributed by atoms with E-state index in [1.807, 2.05) is 24.3 Å². The second-order valence-electron chi connectivity index (χ2n) is 6.05. The van der Waals surface area contributed by atoms with Crippen molar-refractivity contribution in [1.29, 1.82) is 0 Å². The molecule has 25 heavy (non-hydrogen) atoms. The van der Waals surface area contributed by atoms with Crippen LogP contribution in [-0.4, -0.2) is 42.5 Å². The van der Waals surface area contributed by atoms with E-state index in [9.17, 15) is 9.90 Å². The van der Waals surface area contributed by atoms with E-state index in [-0.39, 0.29) is 0 Å². The lowest BCUT2D eigenvalue weighted by Gasteiger charge is -2.31. The summed E-state index contributed by atoms with van der Waals surface area (Å²) in [5.74, 6) is 0.229. The van der Waals surface area contributed by atoms with Gasteiger partial charge in [-0.3, -0.25) is 0 Å². The summed E-state index contributed by atoms with van der Waals surface area (Å²) in [6, 6.07) is 14.4. The number of anilines is 1. The van der Waals surface area contributed by atoms with Gasteiger partial charge in [0.25, 0.3) is 0 Å². The number of para-hydroxylation sites is 2. The average molecular weight is 343 g/mol. The number of carbonyl (C=O) groups is 1. The van der Waals surface area contributed by atoms with E-state index in [0.717, 1.165) is 24.5 Å². The van der Waals surface area contributed by atoms with Gasteiger partial charge < -0.3 is 24.6 Å². The Morgan fingerprint density at radius 1 is 1.24 bits per heavy atom. The van der Waals surface area contributed by atoms with Gasteiger partial charge in [0.05, 0.1) is 18.8 Å². The molecule has 132 valence electrons. The van der Waals surface area contributed by atoms with Crippen LogP contribution in [0.1, 0.15) is 12.5 Å². The van der Waals surface area contributed by atoms with Gasteiger partial charge in [-0.2, -0.15) is 0 Å². The van der Waals surface area contributed by atoms with Crippen LogP contribution in [0.25, 0.3) is 0 Å². The minimum Gasteiger partial charge on any atom is -0.492 e. The fraction of sp³-hybridized carbons (Fsp3) is 0.316. The minimum absolute atomic E-state index is 0.314. The Labute approximate surface area is 146 Å². The molecule has 0 radical (unpaired) electrons. The zero-order valence-electron chi connectivity index (χ0n) is 14.0. The molecule has 1 unspecified atom stereocenters. The highest BCUT2D eigenvalue weighted by Gasteiger charge is 2.31. The van der Waals surface area contributed by atoms with E-state index in [1.54, 1.807) is 24.3 Å². The Hall–Kier alpha value is -2.73. The van der Waals surface area contributed by atoms with Crippen molar-refractivity contribution in [3.8, 4) is 11.5 Å². The maximum atomic E-state index is 11.1. The first-order valence-electron chi connectivity index (χ1n) is 8.14. The summed E-state index contributed by atoms with van der Waals surface area (Å²) in [6.07, 6.45) is 0. The third kappa shape index (κ3) is 3.69. The van der Waals surface area contributed by atoms with Gasteiger partial charge in [-0.05, 0) is 36.8 Å². The maximum absolute atomic E-state index is 11.1. The molecular weight excluding hydrogens is 322 g/mol. The van der Waals surface area contributed by atoms with Crippen LogP contribution in [0.5, 0.6) is 11.5 Å². The van der Waals surface area contributed by atoms with Crippen LogP contribution >= 0.6 is 0 Å². The number of carboxylic acid groups (broad SMARTS) is 1. The van der Waals surface area contributed by atoms with E-state index < -0.39 is 11.6 Å². The number of hydrogen-bond donors (Lipinski definition) is 2. The van der Waals surface area contributed by atoms with E-state index in [0.29, 0.717) is 24.5 Å². The zero-order valence-corrected chi connectivity index (χ0v) is 14.0. The molecule has 2 N–H and O–H groups in total. The van der Waals surface area contributed by atoms with E-state index in [4.69, 9.17) is 14.6 Å². The predicted molar refractivity (Wildman–Crippen MR) is 93.3 cm³/mol. The molecule has 3 rings (SSSR count). The van der Waals surface area contributed by atoms with Crippen LogP contribution in [0.2, 0.25) is 0 Å². The molecule has 0 spiro atoms. The number of nitrogens with zero attached hydrogens (tertiary/aromatic N) is 1. The monoisotopic (exact) mass is 343 g/mol. The van der Waals surface area contributed by atoms with Crippen molar-refractivity contribution < 1.29 is 24.5 Å². The predicted octanol–water partition coefficient (Wildman–Crippen LogP) is 2.26. The molecule has 1 aliphatic heterocycles. The highest BCUT2D eigenvalue weighted by Crippen LogP contribution is 2.30. The molecule has 6 heteroatoms. The van der Waals surface area contributed by atoms with Crippen molar-refractivity contribution in [3.63, 3.8) is 0 Å². The van der Waals surface area contributed by atoms with Crippen LogP contribution in [0.15, 0.2) is 48.5 Å². The normalized spacial score (nSPS) is 15.7. The Kier molecular flexibility index (Phi) is 4.81.